The van der Waals surface area contributed by atoms with Gasteiger partial charge in [0.1, 0.15) is 6.04 Å². The van der Waals surface area contributed by atoms with Gasteiger partial charge in [-0.05, 0) is 37.0 Å². The fourth-order valence-electron chi connectivity index (χ4n) is 2.65. The maximum atomic E-state index is 12.3. The minimum Gasteiger partial charge on any atom is -0.480 e. The second kappa shape index (κ2) is 6.35. The van der Waals surface area contributed by atoms with Gasteiger partial charge < -0.3 is 15.3 Å². The molecular formula is C15H19ClN2O3. The number of urea groups is 1. The molecule has 0 aromatic heterocycles. The summed E-state index contributed by atoms with van der Waals surface area (Å²) in [5, 5.41) is 12.7. The van der Waals surface area contributed by atoms with E-state index in [1.165, 1.54) is 4.90 Å². The van der Waals surface area contributed by atoms with E-state index in [9.17, 15) is 14.7 Å². The molecule has 0 radical (unpaired) electrons. The molecule has 2 amide bonds. The van der Waals surface area contributed by atoms with Crippen molar-refractivity contribution in [1.29, 1.82) is 0 Å². The summed E-state index contributed by atoms with van der Waals surface area (Å²) in [5.74, 6) is -0.978. The number of carboxylic acids is 1. The van der Waals surface area contributed by atoms with Crippen LogP contribution in [0.1, 0.15) is 31.9 Å². The molecule has 0 aliphatic carbocycles. The van der Waals surface area contributed by atoms with E-state index in [0.717, 1.165) is 5.56 Å². The summed E-state index contributed by atoms with van der Waals surface area (Å²) in [6.45, 7) is 4.18. The standard InChI is InChI=1S/C15H19ClN2O3/c1-9-7-8-18(13(9)14(19)20)15(21)17-10(2)11-3-5-12(16)6-4-11/h3-6,9-10,13H,7-8H2,1-2H3,(H,17,21)(H,19,20). The van der Waals surface area contributed by atoms with Crippen molar-refractivity contribution >= 4 is 23.6 Å². The molecule has 114 valence electrons. The first kappa shape index (κ1) is 15.6. The molecule has 1 heterocycles. The van der Waals surface area contributed by atoms with Crippen LogP contribution in [0.4, 0.5) is 4.79 Å². The van der Waals surface area contributed by atoms with Crippen molar-refractivity contribution in [1.82, 2.24) is 10.2 Å². The highest BCUT2D eigenvalue weighted by Crippen LogP contribution is 2.25. The van der Waals surface area contributed by atoms with E-state index >= 15 is 0 Å². The lowest BCUT2D eigenvalue weighted by Gasteiger charge is -2.25. The number of benzene rings is 1. The zero-order valence-electron chi connectivity index (χ0n) is 12.0. The first-order valence-corrected chi connectivity index (χ1v) is 7.33. The van der Waals surface area contributed by atoms with E-state index in [2.05, 4.69) is 5.32 Å². The lowest BCUT2D eigenvalue weighted by atomic mass is 10.0. The van der Waals surface area contributed by atoms with Gasteiger partial charge in [-0.15, -0.1) is 0 Å². The van der Waals surface area contributed by atoms with Crippen molar-refractivity contribution in [2.45, 2.75) is 32.4 Å². The van der Waals surface area contributed by atoms with Gasteiger partial charge in [-0.1, -0.05) is 30.7 Å². The number of amides is 2. The van der Waals surface area contributed by atoms with Crippen LogP contribution in [0.15, 0.2) is 24.3 Å². The Hall–Kier alpha value is -1.75. The smallest absolute Gasteiger partial charge is 0.326 e. The van der Waals surface area contributed by atoms with Gasteiger partial charge in [0, 0.05) is 11.6 Å². The summed E-state index contributed by atoms with van der Waals surface area (Å²) in [4.78, 5) is 25.0. The van der Waals surface area contributed by atoms with Crippen LogP contribution in [0.25, 0.3) is 0 Å². The highest BCUT2D eigenvalue weighted by molar-refractivity contribution is 6.30. The predicted octanol–water partition coefficient (Wildman–Crippen LogP) is 2.91. The summed E-state index contributed by atoms with van der Waals surface area (Å²) < 4.78 is 0. The average Bonchev–Trinajstić information content (AvgIpc) is 2.81. The van der Waals surface area contributed by atoms with Gasteiger partial charge in [-0.3, -0.25) is 0 Å². The molecule has 6 heteroatoms. The number of carbonyl (C=O) groups excluding carboxylic acids is 1. The predicted molar refractivity (Wildman–Crippen MR) is 80.3 cm³/mol. The van der Waals surface area contributed by atoms with Gasteiger partial charge in [0.25, 0.3) is 0 Å². The van der Waals surface area contributed by atoms with Crippen LogP contribution in [0.3, 0.4) is 0 Å². The highest BCUT2D eigenvalue weighted by atomic mass is 35.5. The van der Waals surface area contributed by atoms with E-state index in [4.69, 9.17) is 11.6 Å². The molecule has 3 unspecified atom stereocenters. The van der Waals surface area contributed by atoms with Gasteiger partial charge in [-0.25, -0.2) is 9.59 Å². The van der Waals surface area contributed by atoms with Crippen molar-refractivity contribution < 1.29 is 14.7 Å². The Labute approximate surface area is 128 Å². The first-order chi connectivity index (χ1) is 9.90. The third-order valence-corrected chi connectivity index (χ3v) is 4.18. The number of likely N-dealkylation sites (tertiary alicyclic amines) is 1. The maximum absolute atomic E-state index is 12.3. The van der Waals surface area contributed by atoms with Crippen molar-refractivity contribution in [2.24, 2.45) is 5.92 Å². The Kier molecular flexibility index (Phi) is 4.73. The number of aliphatic carboxylic acids is 1. The summed E-state index contributed by atoms with van der Waals surface area (Å²) in [7, 11) is 0. The zero-order valence-corrected chi connectivity index (χ0v) is 12.8. The third-order valence-electron chi connectivity index (χ3n) is 3.92. The van der Waals surface area contributed by atoms with Crippen LogP contribution in [0, 0.1) is 5.92 Å². The summed E-state index contributed by atoms with van der Waals surface area (Å²) in [6, 6.07) is 5.91. The molecule has 0 spiro atoms. The molecule has 1 saturated heterocycles. The number of carboxylic acid groups (broad SMARTS) is 1. The largest absolute Gasteiger partial charge is 0.480 e. The Balaban J connectivity index is 2.04. The molecule has 5 nitrogen and oxygen atoms in total. The molecule has 1 fully saturated rings. The topological polar surface area (TPSA) is 69.6 Å². The summed E-state index contributed by atoms with van der Waals surface area (Å²) >= 11 is 5.83. The van der Waals surface area contributed by atoms with Gasteiger partial charge in [0.2, 0.25) is 0 Å². The first-order valence-electron chi connectivity index (χ1n) is 6.95. The monoisotopic (exact) mass is 310 g/mol. The lowest BCUT2D eigenvalue weighted by molar-refractivity contribution is -0.142. The van der Waals surface area contributed by atoms with Gasteiger partial charge in [0.15, 0.2) is 0 Å². The van der Waals surface area contributed by atoms with Crippen molar-refractivity contribution in [3.05, 3.63) is 34.9 Å². The highest BCUT2D eigenvalue weighted by Gasteiger charge is 2.39. The molecule has 21 heavy (non-hydrogen) atoms. The molecular weight excluding hydrogens is 292 g/mol. The van der Waals surface area contributed by atoms with Crippen molar-refractivity contribution in [3.8, 4) is 0 Å². The van der Waals surface area contributed by atoms with E-state index < -0.39 is 12.0 Å². The number of nitrogens with zero attached hydrogens (tertiary/aromatic N) is 1. The van der Waals surface area contributed by atoms with Crippen LogP contribution in [0.5, 0.6) is 0 Å². The molecule has 3 atom stereocenters. The number of rotatable bonds is 3. The van der Waals surface area contributed by atoms with E-state index in [-0.39, 0.29) is 18.0 Å². The molecule has 0 bridgehead atoms. The molecule has 1 aliphatic heterocycles. The number of hydrogen-bond donors (Lipinski definition) is 2. The van der Waals surface area contributed by atoms with Crippen LogP contribution in [-0.2, 0) is 4.79 Å². The van der Waals surface area contributed by atoms with Crippen molar-refractivity contribution in [2.75, 3.05) is 6.54 Å². The lowest BCUT2D eigenvalue weighted by Crippen LogP contribution is -2.48. The Morgan fingerprint density at radius 2 is 2.00 bits per heavy atom. The maximum Gasteiger partial charge on any atom is 0.326 e. The summed E-state index contributed by atoms with van der Waals surface area (Å²) in [5.41, 5.74) is 0.923. The van der Waals surface area contributed by atoms with Crippen LogP contribution in [-0.4, -0.2) is 34.6 Å². The fourth-order valence-corrected chi connectivity index (χ4v) is 2.78. The molecule has 1 aliphatic rings. The number of hydrogen-bond acceptors (Lipinski definition) is 2. The average molecular weight is 311 g/mol. The number of carbonyl (C=O) groups is 2. The quantitative estimate of drug-likeness (QED) is 0.902. The molecule has 2 rings (SSSR count). The van der Waals surface area contributed by atoms with E-state index in [0.29, 0.717) is 18.0 Å². The Morgan fingerprint density at radius 1 is 1.38 bits per heavy atom. The van der Waals surface area contributed by atoms with E-state index in [1.807, 2.05) is 26.0 Å². The molecule has 1 aromatic carbocycles. The summed E-state index contributed by atoms with van der Waals surface area (Å²) in [6.07, 6.45) is 0.708. The Bertz CT molecular complexity index is 532. The number of nitrogens with one attached hydrogen (secondary N) is 1. The third kappa shape index (κ3) is 3.47. The van der Waals surface area contributed by atoms with Crippen LogP contribution < -0.4 is 5.32 Å². The van der Waals surface area contributed by atoms with Crippen molar-refractivity contribution in [3.63, 3.8) is 0 Å². The minimum absolute atomic E-state index is 0.0286. The van der Waals surface area contributed by atoms with E-state index in [1.54, 1.807) is 12.1 Å². The minimum atomic E-state index is -0.950. The fraction of sp³-hybridized carbons (Fsp3) is 0.467. The normalized spacial score (nSPS) is 22.9. The van der Waals surface area contributed by atoms with Crippen LogP contribution >= 0.6 is 11.6 Å². The molecule has 2 N–H and O–H groups in total. The molecule has 0 saturated carbocycles. The van der Waals surface area contributed by atoms with Gasteiger partial charge >= 0.3 is 12.0 Å². The molecule has 1 aromatic rings. The second-order valence-electron chi connectivity index (χ2n) is 5.47. The zero-order chi connectivity index (χ0) is 15.6. The SMILES string of the molecule is CC(NC(=O)N1CCC(C)C1C(=O)O)c1ccc(Cl)cc1. The van der Waals surface area contributed by atoms with Gasteiger partial charge in [0.05, 0.1) is 6.04 Å². The van der Waals surface area contributed by atoms with Crippen LogP contribution in [0.2, 0.25) is 5.02 Å². The van der Waals surface area contributed by atoms with Gasteiger partial charge in [-0.2, -0.15) is 0 Å². The Morgan fingerprint density at radius 3 is 2.57 bits per heavy atom. The second-order valence-corrected chi connectivity index (χ2v) is 5.90. The number of halogens is 1.